The molecule has 0 heterocycles. The predicted octanol–water partition coefficient (Wildman–Crippen LogP) is 2.62. The van der Waals surface area contributed by atoms with Gasteiger partial charge in [-0.25, -0.2) is 5.43 Å². The Bertz CT molecular complexity index is 877. The van der Waals surface area contributed by atoms with E-state index in [0.717, 1.165) is 29.0 Å². The molecule has 26 heavy (non-hydrogen) atoms. The summed E-state index contributed by atoms with van der Waals surface area (Å²) in [5.41, 5.74) is 4.89. The van der Waals surface area contributed by atoms with Gasteiger partial charge in [-0.3, -0.25) is 14.9 Å². The van der Waals surface area contributed by atoms with Gasteiger partial charge >= 0.3 is 5.69 Å². The number of nitro benzene ring substituents is 1. The van der Waals surface area contributed by atoms with Crippen LogP contribution < -0.4 is 10.2 Å². The van der Waals surface area contributed by atoms with E-state index in [4.69, 9.17) is 4.74 Å². The molecule has 0 atom stereocenters. The smallest absolute Gasteiger partial charge is 0.315 e. The summed E-state index contributed by atoms with van der Waals surface area (Å²) in [6.45, 7) is 3.90. The number of phenolic OH excluding ortho intramolecular Hbond substituents is 1. The van der Waals surface area contributed by atoms with Crippen LogP contribution in [-0.2, 0) is 11.2 Å². The second-order valence-corrected chi connectivity index (χ2v) is 5.74. The first kappa shape index (κ1) is 18.9. The molecule has 2 aromatic carbocycles. The van der Waals surface area contributed by atoms with Crippen molar-refractivity contribution >= 4 is 17.8 Å². The van der Waals surface area contributed by atoms with Crippen LogP contribution in [0.5, 0.6) is 11.5 Å². The Labute approximate surface area is 150 Å². The van der Waals surface area contributed by atoms with Crippen molar-refractivity contribution in [3.05, 3.63) is 62.7 Å². The van der Waals surface area contributed by atoms with E-state index in [0.29, 0.717) is 0 Å². The monoisotopic (exact) mass is 357 g/mol. The SMILES string of the molecule is COc1cc(/C=N\NC(=O)Cc2ccc(C)cc2C)c(O)c([N+](=O)[O-])c1. The molecular formula is C18H19N3O5. The Morgan fingerprint density at radius 1 is 1.35 bits per heavy atom. The van der Waals surface area contributed by atoms with E-state index in [-0.39, 0.29) is 23.6 Å². The highest BCUT2D eigenvalue weighted by molar-refractivity contribution is 5.88. The Morgan fingerprint density at radius 3 is 2.69 bits per heavy atom. The second kappa shape index (κ2) is 8.11. The normalized spacial score (nSPS) is 10.7. The van der Waals surface area contributed by atoms with Gasteiger partial charge in [0.15, 0.2) is 0 Å². The number of ether oxygens (including phenoxy) is 1. The van der Waals surface area contributed by atoms with Crippen molar-refractivity contribution < 1.29 is 19.6 Å². The van der Waals surface area contributed by atoms with Gasteiger partial charge in [-0.15, -0.1) is 0 Å². The third-order valence-electron chi connectivity index (χ3n) is 3.77. The molecule has 136 valence electrons. The topological polar surface area (TPSA) is 114 Å². The fraction of sp³-hybridized carbons (Fsp3) is 0.222. The fourth-order valence-electron chi connectivity index (χ4n) is 2.40. The van der Waals surface area contributed by atoms with E-state index in [9.17, 15) is 20.0 Å². The van der Waals surface area contributed by atoms with Crippen LogP contribution in [0.3, 0.4) is 0 Å². The van der Waals surface area contributed by atoms with Crippen molar-refractivity contribution in [2.24, 2.45) is 5.10 Å². The highest BCUT2D eigenvalue weighted by Crippen LogP contribution is 2.33. The summed E-state index contributed by atoms with van der Waals surface area (Å²) in [4.78, 5) is 22.2. The molecule has 0 aliphatic heterocycles. The molecule has 0 radical (unpaired) electrons. The van der Waals surface area contributed by atoms with Crippen molar-refractivity contribution in [2.45, 2.75) is 20.3 Å². The standard InChI is InChI=1S/C18H19N3O5/c1-11-4-5-13(12(2)6-11)8-17(22)20-19-10-14-7-15(26-3)9-16(18(14)23)21(24)25/h4-7,9-10,23H,8H2,1-3H3,(H,20,22)/b19-10-. The van der Waals surface area contributed by atoms with Crippen LogP contribution in [0.2, 0.25) is 0 Å². The average molecular weight is 357 g/mol. The van der Waals surface area contributed by atoms with Gasteiger partial charge in [0, 0.05) is 5.56 Å². The van der Waals surface area contributed by atoms with E-state index in [1.165, 1.54) is 13.2 Å². The highest BCUT2D eigenvalue weighted by Gasteiger charge is 2.18. The zero-order valence-electron chi connectivity index (χ0n) is 14.6. The van der Waals surface area contributed by atoms with E-state index in [1.807, 2.05) is 32.0 Å². The Balaban J connectivity index is 2.11. The number of carbonyl (C=O) groups excluding carboxylic acids is 1. The maximum absolute atomic E-state index is 12.0. The molecule has 0 aromatic heterocycles. The molecule has 0 spiro atoms. The molecule has 8 heteroatoms. The number of nitro groups is 1. The summed E-state index contributed by atoms with van der Waals surface area (Å²) in [6.07, 6.45) is 1.28. The van der Waals surface area contributed by atoms with Gasteiger partial charge in [0.1, 0.15) is 5.75 Å². The molecule has 2 N–H and O–H groups in total. The van der Waals surface area contributed by atoms with Gasteiger partial charge in [0.2, 0.25) is 11.7 Å². The van der Waals surface area contributed by atoms with Crippen molar-refractivity contribution in [3.63, 3.8) is 0 Å². The first-order valence-corrected chi connectivity index (χ1v) is 7.75. The van der Waals surface area contributed by atoms with E-state index in [2.05, 4.69) is 10.5 Å². The zero-order valence-corrected chi connectivity index (χ0v) is 14.6. The number of methoxy groups -OCH3 is 1. The molecule has 0 saturated carbocycles. The number of aromatic hydroxyl groups is 1. The molecule has 0 aliphatic carbocycles. The third-order valence-corrected chi connectivity index (χ3v) is 3.77. The predicted molar refractivity (Wildman–Crippen MR) is 96.7 cm³/mol. The molecule has 1 amide bonds. The van der Waals surface area contributed by atoms with Crippen LogP contribution in [-0.4, -0.2) is 29.3 Å². The van der Waals surface area contributed by atoms with Gasteiger partial charge < -0.3 is 9.84 Å². The number of hydrogen-bond acceptors (Lipinski definition) is 6. The van der Waals surface area contributed by atoms with Crippen molar-refractivity contribution in [1.29, 1.82) is 0 Å². The van der Waals surface area contributed by atoms with Crippen molar-refractivity contribution in [1.82, 2.24) is 5.43 Å². The Hall–Kier alpha value is -3.42. The maximum atomic E-state index is 12.0. The molecule has 2 aromatic rings. The minimum atomic E-state index is -0.728. The van der Waals surface area contributed by atoms with Gasteiger partial charge in [-0.2, -0.15) is 5.10 Å². The van der Waals surface area contributed by atoms with E-state index in [1.54, 1.807) is 0 Å². The Kier molecular flexibility index (Phi) is 5.90. The number of hydrazone groups is 1. The summed E-state index contributed by atoms with van der Waals surface area (Å²) >= 11 is 0. The fourth-order valence-corrected chi connectivity index (χ4v) is 2.40. The quantitative estimate of drug-likeness (QED) is 0.468. The number of hydrogen-bond donors (Lipinski definition) is 2. The number of nitrogens with zero attached hydrogens (tertiary/aromatic N) is 2. The Morgan fingerprint density at radius 2 is 2.08 bits per heavy atom. The van der Waals surface area contributed by atoms with Crippen LogP contribution in [0.4, 0.5) is 5.69 Å². The van der Waals surface area contributed by atoms with Gasteiger partial charge in [-0.05, 0) is 31.0 Å². The van der Waals surface area contributed by atoms with E-state index >= 15 is 0 Å². The lowest BCUT2D eigenvalue weighted by atomic mass is 10.0. The minimum Gasteiger partial charge on any atom is -0.502 e. The molecule has 0 aliphatic rings. The minimum absolute atomic E-state index is 0.0582. The number of phenols is 1. The zero-order chi connectivity index (χ0) is 19.3. The first-order chi connectivity index (χ1) is 12.3. The number of amides is 1. The largest absolute Gasteiger partial charge is 0.502 e. The lowest BCUT2D eigenvalue weighted by Gasteiger charge is -2.06. The number of benzene rings is 2. The van der Waals surface area contributed by atoms with Crippen LogP contribution >= 0.6 is 0 Å². The molecule has 0 bridgehead atoms. The molecule has 2 rings (SSSR count). The molecule has 8 nitrogen and oxygen atoms in total. The van der Waals surface area contributed by atoms with E-state index < -0.39 is 16.4 Å². The van der Waals surface area contributed by atoms with Crippen LogP contribution in [0.15, 0.2) is 35.4 Å². The molecule has 0 fully saturated rings. The average Bonchev–Trinajstić information content (AvgIpc) is 2.58. The lowest BCUT2D eigenvalue weighted by molar-refractivity contribution is -0.385. The second-order valence-electron chi connectivity index (χ2n) is 5.74. The summed E-state index contributed by atoms with van der Waals surface area (Å²) in [5, 5.41) is 24.7. The molecule has 0 saturated heterocycles. The number of nitrogens with one attached hydrogen (secondary N) is 1. The first-order valence-electron chi connectivity index (χ1n) is 7.75. The third kappa shape index (κ3) is 4.56. The summed E-state index contributed by atoms with van der Waals surface area (Å²) in [6, 6.07) is 8.27. The van der Waals surface area contributed by atoms with Gasteiger partial charge in [0.25, 0.3) is 0 Å². The molecular weight excluding hydrogens is 338 g/mol. The summed E-state index contributed by atoms with van der Waals surface area (Å²) in [7, 11) is 1.35. The van der Waals surface area contributed by atoms with Crippen molar-refractivity contribution in [2.75, 3.05) is 7.11 Å². The van der Waals surface area contributed by atoms with Gasteiger partial charge in [0.05, 0.1) is 30.7 Å². The highest BCUT2D eigenvalue weighted by atomic mass is 16.6. The number of carbonyl (C=O) groups is 1. The summed E-state index contributed by atoms with van der Waals surface area (Å²) < 4.78 is 4.97. The van der Waals surface area contributed by atoms with Crippen molar-refractivity contribution in [3.8, 4) is 11.5 Å². The van der Waals surface area contributed by atoms with Crippen LogP contribution in [0.25, 0.3) is 0 Å². The summed E-state index contributed by atoms with van der Waals surface area (Å²) in [5.74, 6) is -0.703. The number of rotatable bonds is 6. The van der Waals surface area contributed by atoms with Gasteiger partial charge in [-0.1, -0.05) is 23.8 Å². The lowest BCUT2D eigenvalue weighted by Crippen LogP contribution is -2.20. The van der Waals surface area contributed by atoms with Crippen LogP contribution in [0.1, 0.15) is 22.3 Å². The molecule has 0 unspecified atom stereocenters. The number of aryl methyl sites for hydroxylation is 2. The van der Waals surface area contributed by atoms with Crippen LogP contribution in [0, 0.1) is 24.0 Å². The maximum Gasteiger partial charge on any atom is 0.315 e.